The van der Waals surface area contributed by atoms with Crippen molar-refractivity contribution in [2.75, 3.05) is 0 Å². The van der Waals surface area contributed by atoms with Gasteiger partial charge >= 0.3 is 0 Å². The zero-order valence-corrected chi connectivity index (χ0v) is 33.3. The van der Waals surface area contributed by atoms with Crippen molar-refractivity contribution in [1.82, 2.24) is 9.13 Å². The molecule has 0 aliphatic carbocycles. The molecule has 7 aromatic carbocycles. The van der Waals surface area contributed by atoms with E-state index >= 15 is 0 Å². The first kappa shape index (κ1) is 34.1. The molecule has 2 nitrogen and oxygen atoms in total. The lowest BCUT2D eigenvalue weighted by molar-refractivity contribution is 0.812. The van der Waals surface area contributed by atoms with Crippen LogP contribution >= 0.6 is 11.8 Å². The molecule has 0 radical (unpaired) electrons. The van der Waals surface area contributed by atoms with Crippen LogP contribution in [0.15, 0.2) is 155 Å². The van der Waals surface area contributed by atoms with Gasteiger partial charge in [0.2, 0.25) is 6.71 Å². The fraction of sp³-hybridized carbons (Fsp3) is 0.176. The van der Waals surface area contributed by atoms with E-state index in [9.17, 15) is 0 Å². The normalized spacial score (nSPS) is 12.9. The van der Waals surface area contributed by atoms with Crippen LogP contribution in [-0.4, -0.2) is 15.8 Å². The molecular weight excluding hydrogens is 683 g/mol. The minimum atomic E-state index is 0.164. The van der Waals surface area contributed by atoms with Gasteiger partial charge in [0.05, 0.1) is 22.1 Å². The number of hydrogen-bond acceptors (Lipinski definition) is 1. The van der Waals surface area contributed by atoms with Gasteiger partial charge in [0, 0.05) is 42.7 Å². The number of hydrogen-bond donors (Lipinski definition) is 0. The van der Waals surface area contributed by atoms with Gasteiger partial charge in [-0.3, -0.25) is 0 Å². The third kappa shape index (κ3) is 5.25. The summed E-state index contributed by atoms with van der Waals surface area (Å²) in [5, 5.41) is 5.11. The van der Waals surface area contributed by atoms with Crippen LogP contribution in [0.4, 0.5) is 0 Å². The van der Waals surface area contributed by atoms with Gasteiger partial charge in [-0.05, 0) is 83.0 Å². The van der Waals surface area contributed by atoms with Crippen molar-refractivity contribution >= 4 is 78.5 Å². The highest BCUT2D eigenvalue weighted by Gasteiger charge is 2.36. The number of fused-ring (bicyclic) bond motifs is 9. The number of benzene rings is 7. The summed E-state index contributed by atoms with van der Waals surface area (Å²) in [5.74, 6) is 1.31. The Morgan fingerprint density at radius 3 is 1.78 bits per heavy atom. The second kappa shape index (κ2) is 13.1. The lowest BCUT2D eigenvalue weighted by Gasteiger charge is -2.32. The van der Waals surface area contributed by atoms with Crippen LogP contribution in [0.25, 0.3) is 55.0 Å². The molecule has 55 heavy (non-hydrogen) atoms. The van der Waals surface area contributed by atoms with Gasteiger partial charge in [0.15, 0.2) is 0 Å². The molecule has 3 heterocycles. The monoisotopic (exact) mass is 728 g/mol. The molecule has 0 unspecified atom stereocenters. The average Bonchev–Trinajstić information content (AvgIpc) is 3.72. The molecule has 0 saturated heterocycles. The molecule has 1 aliphatic heterocycles. The van der Waals surface area contributed by atoms with Crippen molar-refractivity contribution < 1.29 is 0 Å². The van der Waals surface area contributed by atoms with E-state index in [1.54, 1.807) is 0 Å². The highest BCUT2D eigenvalue weighted by atomic mass is 32.2. The van der Waals surface area contributed by atoms with Crippen LogP contribution in [0.2, 0.25) is 0 Å². The number of aromatic nitrogens is 2. The third-order valence-corrected chi connectivity index (χ3v) is 13.1. The standard InChI is InChI=1S/C51H45BN2S/c1-31(2)34-28-40(32(3)4)50(41(29-34)33(5)6)52-42-20-12-15-23-47(42)55-48-30-36(24-26-43(48)52)53-45-22-14-11-19-39(45)49-46(53)27-25-38-37-18-10-13-21-44(37)54(51(38)49)35-16-8-7-9-17-35/h7-33H,1-6H3. The minimum absolute atomic E-state index is 0.164. The fourth-order valence-corrected chi connectivity index (χ4v) is 10.5. The summed E-state index contributed by atoms with van der Waals surface area (Å²) in [6, 6.07) is 54.8. The predicted molar refractivity (Wildman–Crippen MR) is 239 cm³/mol. The molecule has 9 aromatic rings. The quantitative estimate of drug-likeness (QED) is 0.155. The van der Waals surface area contributed by atoms with Gasteiger partial charge in [-0.1, -0.05) is 167 Å². The molecule has 10 rings (SSSR count). The second-order valence-electron chi connectivity index (χ2n) is 16.3. The van der Waals surface area contributed by atoms with Gasteiger partial charge in [-0.2, -0.15) is 0 Å². The zero-order chi connectivity index (χ0) is 37.5. The van der Waals surface area contributed by atoms with Crippen molar-refractivity contribution in [2.24, 2.45) is 0 Å². The molecular formula is C51H45BN2S. The summed E-state index contributed by atoms with van der Waals surface area (Å²) >= 11 is 1.93. The van der Waals surface area contributed by atoms with Crippen LogP contribution in [0.5, 0.6) is 0 Å². The minimum Gasteiger partial charge on any atom is -0.309 e. The molecule has 268 valence electrons. The van der Waals surface area contributed by atoms with Crippen molar-refractivity contribution in [3.63, 3.8) is 0 Å². The first-order valence-corrected chi connectivity index (χ1v) is 20.7. The molecule has 0 fully saturated rings. The molecule has 0 spiro atoms. The number of nitrogens with zero attached hydrogens (tertiary/aromatic N) is 2. The smallest absolute Gasteiger partial charge is 0.244 e. The molecule has 0 N–H and O–H groups in total. The van der Waals surface area contributed by atoms with Gasteiger partial charge in [-0.15, -0.1) is 0 Å². The maximum absolute atomic E-state index is 2.52. The van der Waals surface area contributed by atoms with E-state index in [0.29, 0.717) is 17.8 Å². The summed E-state index contributed by atoms with van der Waals surface area (Å²) in [6.45, 7) is 14.3. The van der Waals surface area contributed by atoms with Gasteiger partial charge < -0.3 is 9.13 Å². The molecule has 0 atom stereocenters. The lowest BCUT2D eigenvalue weighted by Crippen LogP contribution is -2.57. The van der Waals surface area contributed by atoms with Gasteiger partial charge in [0.1, 0.15) is 0 Å². The highest BCUT2D eigenvalue weighted by Crippen LogP contribution is 2.43. The third-order valence-electron chi connectivity index (χ3n) is 12.0. The van der Waals surface area contributed by atoms with Crippen molar-refractivity contribution in [2.45, 2.75) is 69.1 Å². The van der Waals surface area contributed by atoms with E-state index in [1.165, 1.54) is 97.9 Å². The van der Waals surface area contributed by atoms with Crippen molar-refractivity contribution in [1.29, 1.82) is 0 Å². The summed E-state index contributed by atoms with van der Waals surface area (Å²) in [5.41, 5.74) is 16.0. The Kier molecular flexibility index (Phi) is 8.12. The average molecular weight is 729 g/mol. The Morgan fingerprint density at radius 2 is 1.07 bits per heavy atom. The largest absolute Gasteiger partial charge is 0.309 e. The van der Waals surface area contributed by atoms with E-state index in [4.69, 9.17) is 0 Å². The molecule has 0 saturated carbocycles. The van der Waals surface area contributed by atoms with Gasteiger partial charge in [0.25, 0.3) is 0 Å². The van der Waals surface area contributed by atoms with Crippen LogP contribution in [0, 0.1) is 0 Å². The van der Waals surface area contributed by atoms with Crippen LogP contribution < -0.4 is 16.4 Å². The first-order chi connectivity index (χ1) is 26.8. The Hall–Kier alpha value is -5.45. The topological polar surface area (TPSA) is 9.86 Å². The Morgan fingerprint density at radius 1 is 0.455 bits per heavy atom. The SMILES string of the molecule is CC(C)c1cc(C(C)C)c(B2c3ccccc3Sc3cc(-n4c5ccccc5c5c4ccc4c6ccccc6n(-c6ccccc6)c45)ccc32)c(C(C)C)c1. The Labute approximate surface area is 328 Å². The maximum Gasteiger partial charge on any atom is 0.244 e. The molecule has 0 bridgehead atoms. The summed E-state index contributed by atoms with van der Waals surface area (Å²) in [7, 11) is 0. The molecule has 4 heteroatoms. The van der Waals surface area contributed by atoms with Crippen molar-refractivity contribution in [3.8, 4) is 11.4 Å². The summed E-state index contributed by atoms with van der Waals surface area (Å²) < 4.78 is 4.97. The van der Waals surface area contributed by atoms with Crippen LogP contribution in [0.3, 0.4) is 0 Å². The maximum atomic E-state index is 2.52. The zero-order valence-electron chi connectivity index (χ0n) is 32.5. The molecule has 1 aliphatic rings. The molecule has 2 aromatic heterocycles. The number of para-hydroxylation sites is 3. The Balaban J connectivity index is 1.24. The number of rotatable bonds is 6. The predicted octanol–water partition coefficient (Wildman–Crippen LogP) is 12.2. The summed E-state index contributed by atoms with van der Waals surface area (Å²) in [6.07, 6.45) is 0. The first-order valence-electron chi connectivity index (χ1n) is 19.9. The van der Waals surface area contributed by atoms with Crippen LogP contribution in [0.1, 0.15) is 76.0 Å². The van der Waals surface area contributed by atoms with E-state index in [1.807, 2.05) is 11.8 Å². The van der Waals surface area contributed by atoms with E-state index < -0.39 is 0 Å². The molecule has 0 amide bonds. The second-order valence-corrected chi connectivity index (χ2v) is 17.4. The van der Waals surface area contributed by atoms with Crippen molar-refractivity contribution in [3.05, 3.63) is 162 Å². The van der Waals surface area contributed by atoms with E-state index in [-0.39, 0.29) is 6.71 Å². The van der Waals surface area contributed by atoms with Gasteiger partial charge in [-0.25, -0.2) is 0 Å². The fourth-order valence-electron chi connectivity index (χ4n) is 9.37. The lowest BCUT2D eigenvalue weighted by atomic mass is 9.34. The van der Waals surface area contributed by atoms with E-state index in [2.05, 4.69) is 196 Å². The highest BCUT2D eigenvalue weighted by molar-refractivity contribution is 8.00. The Bertz CT molecular complexity index is 2920. The van der Waals surface area contributed by atoms with Crippen LogP contribution in [-0.2, 0) is 0 Å². The van der Waals surface area contributed by atoms with E-state index in [0.717, 1.165) is 0 Å². The summed E-state index contributed by atoms with van der Waals surface area (Å²) in [4.78, 5) is 2.69.